The SMILES string of the molecule is CCCNCCCCC(O)C(=O)OC(C)(C)C. The molecule has 2 N–H and O–H groups in total. The number of carbonyl (C=O) groups excluding carboxylic acids is 1. The number of ether oxygens (including phenoxy) is 1. The van der Waals surface area contributed by atoms with Crippen LogP contribution in [0.3, 0.4) is 0 Å². The summed E-state index contributed by atoms with van der Waals surface area (Å²) < 4.78 is 5.09. The number of esters is 1. The third kappa shape index (κ3) is 10.3. The van der Waals surface area contributed by atoms with Crippen molar-refractivity contribution in [3.63, 3.8) is 0 Å². The second-order valence-electron chi connectivity index (χ2n) is 5.30. The van der Waals surface area contributed by atoms with Crippen LogP contribution in [0.1, 0.15) is 53.4 Å². The van der Waals surface area contributed by atoms with Gasteiger partial charge in [0.05, 0.1) is 0 Å². The van der Waals surface area contributed by atoms with Crippen molar-refractivity contribution in [3.05, 3.63) is 0 Å². The maximum Gasteiger partial charge on any atom is 0.335 e. The molecule has 0 aliphatic heterocycles. The molecule has 0 heterocycles. The summed E-state index contributed by atoms with van der Waals surface area (Å²) in [5, 5.41) is 12.9. The van der Waals surface area contributed by atoms with E-state index >= 15 is 0 Å². The predicted molar refractivity (Wildman–Crippen MR) is 68.9 cm³/mol. The lowest BCUT2D eigenvalue weighted by molar-refractivity contribution is -0.165. The fourth-order valence-corrected chi connectivity index (χ4v) is 1.38. The Labute approximate surface area is 105 Å². The Kier molecular flexibility index (Phi) is 8.17. The number of unbranched alkanes of at least 4 members (excludes halogenated alkanes) is 1. The van der Waals surface area contributed by atoms with Crippen molar-refractivity contribution >= 4 is 5.97 Å². The number of rotatable bonds is 8. The number of hydrogen-bond donors (Lipinski definition) is 2. The van der Waals surface area contributed by atoms with Gasteiger partial charge in [0.15, 0.2) is 6.10 Å². The molecule has 0 amide bonds. The maximum absolute atomic E-state index is 11.4. The minimum absolute atomic E-state index is 0.475. The molecule has 0 saturated carbocycles. The molecular weight excluding hydrogens is 218 g/mol. The summed E-state index contributed by atoms with van der Waals surface area (Å²) in [6.45, 7) is 9.48. The van der Waals surface area contributed by atoms with E-state index in [1.54, 1.807) is 20.8 Å². The first-order chi connectivity index (χ1) is 7.87. The first kappa shape index (κ1) is 16.4. The maximum atomic E-state index is 11.4. The monoisotopic (exact) mass is 245 g/mol. The Morgan fingerprint density at radius 3 is 2.47 bits per heavy atom. The van der Waals surface area contributed by atoms with Gasteiger partial charge in [0, 0.05) is 0 Å². The Morgan fingerprint density at radius 1 is 1.29 bits per heavy atom. The molecule has 4 nitrogen and oxygen atoms in total. The van der Waals surface area contributed by atoms with Crippen LogP contribution in [0.4, 0.5) is 0 Å². The zero-order valence-electron chi connectivity index (χ0n) is 11.6. The summed E-state index contributed by atoms with van der Waals surface area (Å²) in [6, 6.07) is 0. The summed E-state index contributed by atoms with van der Waals surface area (Å²) in [7, 11) is 0. The summed E-state index contributed by atoms with van der Waals surface area (Å²) >= 11 is 0. The molecule has 0 aliphatic rings. The van der Waals surface area contributed by atoms with Gasteiger partial charge in [0.2, 0.25) is 0 Å². The van der Waals surface area contributed by atoms with Crippen molar-refractivity contribution in [1.82, 2.24) is 5.32 Å². The molecule has 4 heteroatoms. The van der Waals surface area contributed by atoms with E-state index < -0.39 is 17.7 Å². The quantitative estimate of drug-likeness (QED) is 0.506. The van der Waals surface area contributed by atoms with Crippen molar-refractivity contribution in [1.29, 1.82) is 0 Å². The van der Waals surface area contributed by atoms with E-state index in [-0.39, 0.29) is 0 Å². The van der Waals surface area contributed by atoms with Crippen molar-refractivity contribution in [2.45, 2.75) is 65.1 Å². The second kappa shape index (κ2) is 8.48. The van der Waals surface area contributed by atoms with Gasteiger partial charge in [-0.05, 0) is 59.5 Å². The van der Waals surface area contributed by atoms with Gasteiger partial charge >= 0.3 is 5.97 Å². The topological polar surface area (TPSA) is 58.6 Å². The summed E-state index contributed by atoms with van der Waals surface area (Å²) in [5.41, 5.74) is -0.527. The molecule has 0 aromatic rings. The van der Waals surface area contributed by atoms with Gasteiger partial charge in [-0.1, -0.05) is 6.92 Å². The smallest absolute Gasteiger partial charge is 0.335 e. The fraction of sp³-hybridized carbons (Fsp3) is 0.923. The van der Waals surface area contributed by atoms with Crippen LogP contribution in [-0.4, -0.2) is 35.9 Å². The molecule has 1 unspecified atom stereocenters. The highest BCUT2D eigenvalue weighted by Gasteiger charge is 2.22. The molecule has 0 rings (SSSR count). The van der Waals surface area contributed by atoms with Gasteiger partial charge < -0.3 is 15.2 Å². The third-order valence-electron chi connectivity index (χ3n) is 2.19. The van der Waals surface area contributed by atoms with Crippen LogP contribution < -0.4 is 5.32 Å². The van der Waals surface area contributed by atoms with E-state index in [2.05, 4.69) is 12.2 Å². The van der Waals surface area contributed by atoms with E-state index in [9.17, 15) is 9.90 Å². The fourth-order valence-electron chi connectivity index (χ4n) is 1.38. The van der Waals surface area contributed by atoms with E-state index in [4.69, 9.17) is 4.74 Å². The minimum atomic E-state index is -0.986. The number of hydrogen-bond acceptors (Lipinski definition) is 4. The van der Waals surface area contributed by atoms with E-state index in [0.717, 1.165) is 32.4 Å². The molecule has 0 saturated heterocycles. The van der Waals surface area contributed by atoms with Crippen molar-refractivity contribution in [2.75, 3.05) is 13.1 Å². The molecule has 0 aromatic heterocycles. The van der Waals surface area contributed by atoms with Gasteiger partial charge in [0.1, 0.15) is 5.60 Å². The van der Waals surface area contributed by atoms with Crippen molar-refractivity contribution < 1.29 is 14.6 Å². The van der Waals surface area contributed by atoms with Crippen LogP contribution in [0.25, 0.3) is 0 Å². The van der Waals surface area contributed by atoms with E-state index in [1.807, 2.05) is 0 Å². The van der Waals surface area contributed by atoms with Crippen LogP contribution in [0, 0.1) is 0 Å². The standard InChI is InChI=1S/C13H27NO3/c1-5-9-14-10-7-6-8-11(15)12(16)17-13(2,3)4/h11,14-15H,5-10H2,1-4H3. The Morgan fingerprint density at radius 2 is 1.94 bits per heavy atom. The first-order valence-corrected chi connectivity index (χ1v) is 6.48. The van der Waals surface area contributed by atoms with Gasteiger partial charge in [-0.25, -0.2) is 4.79 Å². The minimum Gasteiger partial charge on any atom is -0.458 e. The average molecular weight is 245 g/mol. The Balaban J connectivity index is 3.58. The molecule has 0 bridgehead atoms. The van der Waals surface area contributed by atoms with Crippen LogP contribution in [0.5, 0.6) is 0 Å². The number of nitrogens with one attached hydrogen (secondary N) is 1. The molecule has 0 aromatic carbocycles. The van der Waals surface area contributed by atoms with Gasteiger partial charge in [-0.3, -0.25) is 0 Å². The third-order valence-corrected chi connectivity index (χ3v) is 2.19. The van der Waals surface area contributed by atoms with Crippen LogP contribution in [-0.2, 0) is 9.53 Å². The predicted octanol–water partition coefficient (Wildman–Crippen LogP) is 1.86. The highest BCUT2D eigenvalue weighted by Crippen LogP contribution is 2.11. The highest BCUT2D eigenvalue weighted by atomic mass is 16.6. The molecule has 0 radical (unpaired) electrons. The van der Waals surface area contributed by atoms with Crippen LogP contribution in [0.2, 0.25) is 0 Å². The Bertz CT molecular complexity index is 211. The average Bonchev–Trinajstić information content (AvgIpc) is 2.20. The summed E-state index contributed by atoms with van der Waals surface area (Å²) in [5.74, 6) is -0.515. The Hall–Kier alpha value is -0.610. The van der Waals surface area contributed by atoms with Crippen LogP contribution in [0.15, 0.2) is 0 Å². The van der Waals surface area contributed by atoms with E-state index in [0.29, 0.717) is 6.42 Å². The molecule has 0 spiro atoms. The lowest BCUT2D eigenvalue weighted by Crippen LogP contribution is -2.31. The summed E-state index contributed by atoms with van der Waals surface area (Å²) in [4.78, 5) is 11.4. The molecule has 1 atom stereocenters. The largest absolute Gasteiger partial charge is 0.458 e. The zero-order chi connectivity index (χ0) is 13.3. The van der Waals surface area contributed by atoms with Gasteiger partial charge in [0.25, 0.3) is 0 Å². The lowest BCUT2D eigenvalue weighted by Gasteiger charge is -2.21. The second-order valence-corrected chi connectivity index (χ2v) is 5.30. The molecular formula is C13H27NO3. The zero-order valence-corrected chi connectivity index (χ0v) is 11.6. The van der Waals surface area contributed by atoms with Crippen molar-refractivity contribution in [2.24, 2.45) is 0 Å². The number of aliphatic hydroxyl groups is 1. The first-order valence-electron chi connectivity index (χ1n) is 6.48. The number of aliphatic hydroxyl groups excluding tert-OH is 1. The highest BCUT2D eigenvalue weighted by molar-refractivity contribution is 5.74. The normalized spacial score (nSPS) is 13.5. The van der Waals surface area contributed by atoms with Gasteiger partial charge in [-0.15, -0.1) is 0 Å². The summed E-state index contributed by atoms with van der Waals surface area (Å²) in [6.07, 6.45) is 2.42. The molecule has 0 aliphatic carbocycles. The molecule has 0 fully saturated rings. The number of carbonyl (C=O) groups is 1. The molecule has 17 heavy (non-hydrogen) atoms. The van der Waals surface area contributed by atoms with Gasteiger partial charge in [-0.2, -0.15) is 0 Å². The molecule has 102 valence electrons. The van der Waals surface area contributed by atoms with Crippen molar-refractivity contribution in [3.8, 4) is 0 Å². The lowest BCUT2D eigenvalue weighted by atomic mass is 10.1. The van der Waals surface area contributed by atoms with Crippen LogP contribution >= 0.6 is 0 Å². The van der Waals surface area contributed by atoms with E-state index in [1.165, 1.54) is 0 Å².